The van der Waals surface area contributed by atoms with Gasteiger partial charge in [0.05, 0.1) is 0 Å². The van der Waals surface area contributed by atoms with Crippen LogP contribution in [0.4, 0.5) is 10.1 Å². The molecule has 0 saturated carbocycles. The Morgan fingerprint density at radius 1 is 1.39 bits per heavy atom. The highest BCUT2D eigenvalue weighted by Gasteiger charge is 2.39. The minimum Gasteiger partial charge on any atom is -0.506 e. The number of benzene rings is 1. The number of halogens is 1. The number of nitrogens with zero attached hydrogens (tertiary/aromatic N) is 3. The Kier molecular flexibility index (Phi) is 4.74. The zero-order valence-electron chi connectivity index (χ0n) is 15.1. The maximum Gasteiger partial charge on any atom is 0.326 e. The number of aryl methyl sites for hydroxylation is 2. The van der Waals surface area contributed by atoms with Crippen LogP contribution in [0.15, 0.2) is 24.5 Å². The Morgan fingerprint density at radius 3 is 2.89 bits per heavy atom. The van der Waals surface area contributed by atoms with Gasteiger partial charge in [0, 0.05) is 18.9 Å². The van der Waals surface area contributed by atoms with E-state index in [2.05, 4.69) is 5.10 Å². The molecule has 0 radical (unpaired) electrons. The molecule has 2 N–H and O–H groups in total. The molecule has 1 unspecified atom stereocenters. The predicted octanol–water partition coefficient (Wildman–Crippen LogP) is 1.49. The van der Waals surface area contributed by atoms with Crippen molar-refractivity contribution in [2.75, 3.05) is 10.8 Å². The molecule has 2 aliphatic rings. The molecule has 0 bridgehead atoms. The summed E-state index contributed by atoms with van der Waals surface area (Å²) in [5.74, 6) is -1.71. The number of hydrogen-bond donors (Lipinski definition) is 2. The molecule has 1 aromatic heterocycles. The Bertz CT molecular complexity index is 1010. The van der Waals surface area contributed by atoms with Crippen molar-refractivity contribution in [1.29, 1.82) is 0 Å². The quantitative estimate of drug-likeness (QED) is 0.780. The van der Waals surface area contributed by atoms with Gasteiger partial charge in [0.2, 0.25) is 0 Å². The minimum absolute atomic E-state index is 0.268. The van der Waals surface area contributed by atoms with Gasteiger partial charge in [-0.2, -0.15) is 13.5 Å². The van der Waals surface area contributed by atoms with Crippen molar-refractivity contribution in [3.63, 3.8) is 0 Å². The second kappa shape index (κ2) is 7.08. The Balaban J connectivity index is 1.55. The summed E-state index contributed by atoms with van der Waals surface area (Å²) in [5.41, 5.74) is 0.671. The first kappa shape index (κ1) is 18.7. The van der Waals surface area contributed by atoms with Crippen molar-refractivity contribution in [3.05, 3.63) is 41.5 Å². The zero-order chi connectivity index (χ0) is 19.9. The number of anilines is 1. The normalized spacial score (nSPS) is 20.8. The van der Waals surface area contributed by atoms with Crippen LogP contribution in [0.25, 0.3) is 0 Å². The van der Waals surface area contributed by atoms with Gasteiger partial charge in [-0.05, 0) is 61.3 Å². The number of fused-ring (bicyclic) bond motifs is 1. The molecule has 1 atom stereocenters. The van der Waals surface area contributed by atoms with Crippen molar-refractivity contribution in [2.45, 2.75) is 38.6 Å². The second-order valence-corrected chi connectivity index (χ2v) is 8.85. The fourth-order valence-corrected chi connectivity index (χ4v) is 5.18. The molecule has 1 amide bonds. The van der Waals surface area contributed by atoms with Gasteiger partial charge in [-0.1, -0.05) is 0 Å². The van der Waals surface area contributed by atoms with E-state index in [9.17, 15) is 18.3 Å². The number of phenols is 1. The third kappa shape index (κ3) is 3.44. The van der Waals surface area contributed by atoms with E-state index in [1.807, 2.05) is 16.9 Å². The molecule has 1 fully saturated rings. The van der Waals surface area contributed by atoms with Crippen LogP contribution in [-0.4, -0.2) is 35.8 Å². The average molecular weight is 408 g/mol. The fourth-order valence-electron chi connectivity index (χ4n) is 4.02. The SMILES string of the molecule is O=C1CN(c2c(O)cc3c(c2F)CC(CCCn2cccn2)CC3)S(=O)(=O)N1. The Labute approximate surface area is 162 Å². The molecule has 8 nitrogen and oxygen atoms in total. The number of amides is 1. The summed E-state index contributed by atoms with van der Waals surface area (Å²) >= 11 is 0. The molecule has 0 spiro atoms. The van der Waals surface area contributed by atoms with Crippen LogP contribution in [0, 0.1) is 11.7 Å². The monoisotopic (exact) mass is 408 g/mol. The number of carbonyl (C=O) groups is 1. The van der Waals surface area contributed by atoms with E-state index in [-0.39, 0.29) is 5.92 Å². The van der Waals surface area contributed by atoms with Crippen LogP contribution in [0.1, 0.15) is 30.4 Å². The molecule has 2 heterocycles. The highest BCUT2D eigenvalue weighted by molar-refractivity contribution is 7.92. The summed E-state index contributed by atoms with van der Waals surface area (Å²) in [7, 11) is -4.19. The summed E-state index contributed by atoms with van der Waals surface area (Å²) in [6.45, 7) is 0.248. The molecule has 150 valence electrons. The van der Waals surface area contributed by atoms with E-state index in [0.29, 0.717) is 28.3 Å². The summed E-state index contributed by atoms with van der Waals surface area (Å²) in [4.78, 5) is 11.5. The van der Waals surface area contributed by atoms with Crippen LogP contribution in [0.5, 0.6) is 5.75 Å². The van der Waals surface area contributed by atoms with E-state index in [4.69, 9.17) is 0 Å². The zero-order valence-corrected chi connectivity index (χ0v) is 16.0. The minimum atomic E-state index is -4.19. The number of aromatic nitrogens is 2. The third-order valence-corrected chi connectivity index (χ3v) is 6.73. The first-order valence-electron chi connectivity index (χ1n) is 9.19. The molecule has 1 saturated heterocycles. The number of aromatic hydroxyl groups is 1. The molecule has 4 rings (SSSR count). The van der Waals surface area contributed by atoms with Crippen molar-refractivity contribution in [1.82, 2.24) is 14.5 Å². The molecule has 1 aliphatic heterocycles. The Hall–Kier alpha value is -2.62. The standard InChI is InChI=1S/C18H21FN4O4S/c19-17-14-9-12(3-1-7-22-8-2-6-20-22)4-5-13(14)10-15(24)18(17)23-11-16(25)21-28(23,26)27/h2,6,8,10,12,24H,1,3-5,7,9,11H2,(H,21,25). The van der Waals surface area contributed by atoms with Crippen LogP contribution in [-0.2, 0) is 34.4 Å². The summed E-state index contributed by atoms with van der Waals surface area (Å²) in [5, 5.41) is 14.4. The molecule has 28 heavy (non-hydrogen) atoms. The van der Waals surface area contributed by atoms with Gasteiger partial charge in [-0.25, -0.2) is 13.4 Å². The smallest absolute Gasteiger partial charge is 0.326 e. The molecule has 10 heteroatoms. The predicted molar refractivity (Wildman–Crippen MR) is 99.4 cm³/mol. The van der Waals surface area contributed by atoms with Gasteiger partial charge < -0.3 is 5.11 Å². The van der Waals surface area contributed by atoms with Crippen LogP contribution in [0.2, 0.25) is 0 Å². The molecule has 1 aliphatic carbocycles. The second-order valence-electron chi connectivity index (χ2n) is 7.25. The van der Waals surface area contributed by atoms with Gasteiger partial charge in [0.15, 0.2) is 5.82 Å². The van der Waals surface area contributed by atoms with Gasteiger partial charge in [-0.3, -0.25) is 9.48 Å². The van der Waals surface area contributed by atoms with Gasteiger partial charge in [0.1, 0.15) is 18.0 Å². The van der Waals surface area contributed by atoms with Gasteiger partial charge in [-0.15, -0.1) is 0 Å². The van der Waals surface area contributed by atoms with Gasteiger partial charge in [0.25, 0.3) is 5.91 Å². The fraction of sp³-hybridized carbons (Fsp3) is 0.444. The number of carbonyl (C=O) groups excluding carboxylic acids is 1. The van der Waals surface area contributed by atoms with E-state index in [1.54, 1.807) is 10.9 Å². The lowest BCUT2D eigenvalue weighted by Crippen LogP contribution is -2.31. The van der Waals surface area contributed by atoms with E-state index in [1.165, 1.54) is 6.07 Å². The van der Waals surface area contributed by atoms with Crippen LogP contribution < -0.4 is 9.03 Å². The molecule has 2 aromatic rings. The highest BCUT2D eigenvalue weighted by Crippen LogP contribution is 2.41. The molecule has 1 aromatic carbocycles. The summed E-state index contributed by atoms with van der Waals surface area (Å²) in [6, 6.07) is 3.29. The van der Waals surface area contributed by atoms with E-state index < -0.39 is 39.9 Å². The van der Waals surface area contributed by atoms with E-state index in [0.717, 1.165) is 25.8 Å². The first-order valence-corrected chi connectivity index (χ1v) is 10.6. The Morgan fingerprint density at radius 2 is 2.21 bits per heavy atom. The van der Waals surface area contributed by atoms with Crippen LogP contribution >= 0.6 is 0 Å². The van der Waals surface area contributed by atoms with Crippen molar-refractivity contribution in [3.8, 4) is 5.75 Å². The average Bonchev–Trinajstić information content (AvgIpc) is 3.23. The maximum absolute atomic E-state index is 15.2. The van der Waals surface area contributed by atoms with Crippen molar-refractivity contribution in [2.24, 2.45) is 5.92 Å². The van der Waals surface area contributed by atoms with Crippen molar-refractivity contribution < 1.29 is 22.7 Å². The number of hydrogen-bond acceptors (Lipinski definition) is 5. The maximum atomic E-state index is 15.2. The lowest BCUT2D eigenvalue weighted by Gasteiger charge is -2.27. The lowest BCUT2D eigenvalue weighted by atomic mass is 9.81. The summed E-state index contributed by atoms with van der Waals surface area (Å²) < 4.78 is 43.6. The van der Waals surface area contributed by atoms with Crippen molar-refractivity contribution >= 4 is 21.8 Å². The third-order valence-electron chi connectivity index (χ3n) is 5.36. The molecular formula is C18H21FN4O4S. The molecular weight excluding hydrogens is 387 g/mol. The number of rotatable bonds is 5. The lowest BCUT2D eigenvalue weighted by molar-refractivity contribution is -0.117. The topological polar surface area (TPSA) is 105 Å². The number of nitrogens with one attached hydrogen (secondary N) is 1. The van der Waals surface area contributed by atoms with Crippen LogP contribution in [0.3, 0.4) is 0 Å². The van der Waals surface area contributed by atoms with E-state index >= 15 is 4.39 Å². The summed E-state index contributed by atoms with van der Waals surface area (Å²) in [6.07, 6.45) is 7.42. The first-order chi connectivity index (χ1) is 13.3. The largest absolute Gasteiger partial charge is 0.506 e. The number of phenolic OH excluding ortho intramolecular Hbond substituents is 1. The highest BCUT2D eigenvalue weighted by atomic mass is 32.2. The van der Waals surface area contributed by atoms with Gasteiger partial charge >= 0.3 is 10.2 Å².